The van der Waals surface area contributed by atoms with Gasteiger partial charge in [-0.15, -0.1) is 0 Å². The van der Waals surface area contributed by atoms with Crippen LogP contribution in [0.2, 0.25) is 0 Å². The van der Waals surface area contributed by atoms with Crippen molar-refractivity contribution in [3.05, 3.63) is 34.9 Å². The molecule has 0 bridgehead atoms. The zero-order chi connectivity index (χ0) is 26.5. The van der Waals surface area contributed by atoms with Gasteiger partial charge in [0.25, 0.3) is 0 Å². The van der Waals surface area contributed by atoms with Crippen LogP contribution in [0.25, 0.3) is 0 Å². The highest BCUT2D eigenvalue weighted by atomic mass is 16.5. The van der Waals surface area contributed by atoms with E-state index in [1.54, 1.807) is 23.1 Å². The van der Waals surface area contributed by atoms with E-state index < -0.39 is 30.1 Å². The van der Waals surface area contributed by atoms with Crippen LogP contribution in [0.1, 0.15) is 56.1 Å². The van der Waals surface area contributed by atoms with Crippen molar-refractivity contribution in [2.45, 2.75) is 75.8 Å². The lowest BCUT2D eigenvalue weighted by Gasteiger charge is -2.45. The van der Waals surface area contributed by atoms with Crippen LogP contribution in [0.3, 0.4) is 0 Å². The predicted octanol–water partition coefficient (Wildman–Crippen LogP) is 1.01. The SMILES string of the molecule is CCOCC(=O)N(C1CCCCC1)C1C=C(C(=O)NCCO)C2c3cc(CO)cc(OC)c3OC2C1O. The molecule has 2 amide bonds. The maximum atomic E-state index is 13.4. The number of nitrogens with one attached hydrogen (secondary N) is 1. The fourth-order valence-electron chi connectivity index (χ4n) is 5.83. The molecular formula is C27H38N2O8. The molecule has 10 heteroatoms. The van der Waals surface area contributed by atoms with E-state index in [2.05, 4.69) is 5.32 Å². The number of hydrogen-bond acceptors (Lipinski definition) is 8. The first-order valence-electron chi connectivity index (χ1n) is 13.1. The summed E-state index contributed by atoms with van der Waals surface area (Å²) in [6, 6.07) is 2.52. The minimum atomic E-state index is -1.12. The van der Waals surface area contributed by atoms with E-state index in [1.807, 2.05) is 6.92 Å². The molecule has 1 fully saturated rings. The van der Waals surface area contributed by atoms with Crippen LogP contribution >= 0.6 is 0 Å². The monoisotopic (exact) mass is 518 g/mol. The molecule has 0 radical (unpaired) electrons. The number of methoxy groups -OCH3 is 1. The van der Waals surface area contributed by atoms with Gasteiger partial charge in [0, 0.05) is 30.3 Å². The Bertz CT molecular complexity index is 1010. The molecule has 1 saturated carbocycles. The van der Waals surface area contributed by atoms with E-state index in [9.17, 15) is 24.9 Å². The molecule has 1 aromatic rings. The number of aliphatic hydroxyl groups excluding tert-OH is 3. The summed E-state index contributed by atoms with van der Waals surface area (Å²) < 4.78 is 17.2. The normalized spacial score (nSPS) is 24.9. The number of benzene rings is 1. The first kappa shape index (κ1) is 27.4. The number of fused-ring (bicyclic) bond motifs is 3. The van der Waals surface area contributed by atoms with Crippen LogP contribution in [0.4, 0.5) is 0 Å². The Morgan fingerprint density at radius 1 is 1.19 bits per heavy atom. The third-order valence-electron chi connectivity index (χ3n) is 7.50. The molecule has 1 heterocycles. The minimum absolute atomic E-state index is 0.0596. The minimum Gasteiger partial charge on any atom is -0.493 e. The zero-order valence-corrected chi connectivity index (χ0v) is 21.5. The van der Waals surface area contributed by atoms with Crippen LogP contribution in [-0.4, -0.2) is 89.8 Å². The van der Waals surface area contributed by atoms with E-state index >= 15 is 0 Å². The molecule has 4 rings (SSSR count). The third-order valence-corrected chi connectivity index (χ3v) is 7.50. The van der Waals surface area contributed by atoms with Gasteiger partial charge < -0.3 is 39.7 Å². The number of aliphatic hydroxyl groups is 3. The van der Waals surface area contributed by atoms with Gasteiger partial charge in [0.15, 0.2) is 11.5 Å². The van der Waals surface area contributed by atoms with Crippen molar-refractivity contribution >= 4 is 11.8 Å². The second kappa shape index (κ2) is 12.3. The van der Waals surface area contributed by atoms with E-state index in [0.717, 1.165) is 32.1 Å². The highest BCUT2D eigenvalue weighted by molar-refractivity contribution is 5.96. The van der Waals surface area contributed by atoms with Crippen LogP contribution in [-0.2, 0) is 20.9 Å². The van der Waals surface area contributed by atoms with E-state index in [4.69, 9.17) is 14.2 Å². The lowest BCUT2D eigenvalue weighted by molar-refractivity contribution is -0.146. The fourth-order valence-corrected chi connectivity index (χ4v) is 5.83. The molecule has 4 N–H and O–H groups in total. The van der Waals surface area contributed by atoms with Crippen molar-refractivity contribution in [1.29, 1.82) is 0 Å². The number of ether oxygens (including phenoxy) is 3. The number of carbonyl (C=O) groups is 2. The molecule has 1 aliphatic heterocycles. The van der Waals surface area contributed by atoms with Crippen LogP contribution in [0.15, 0.2) is 23.8 Å². The largest absolute Gasteiger partial charge is 0.493 e. The van der Waals surface area contributed by atoms with Crippen LogP contribution in [0, 0.1) is 0 Å². The van der Waals surface area contributed by atoms with Gasteiger partial charge in [0.2, 0.25) is 11.8 Å². The van der Waals surface area contributed by atoms with Gasteiger partial charge in [-0.1, -0.05) is 19.3 Å². The highest BCUT2D eigenvalue weighted by Crippen LogP contribution is 2.51. The Kier molecular flexibility index (Phi) is 9.07. The smallest absolute Gasteiger partial charge is 0.249 e. The van der Waals surface area contributed by atoms with Gasteiger partial charge in [-0.25, -0.2) is 0 Å². The summed E-state index contributed by atoms with van der Waals surface area (Å²) >= 11 is 0. The van der Waals surface area contributed by atoms with Crippen molar-refractivity contribution in [1.82, 2.24) is 10.2 Å². The third kappa shape index (κ3) is 5.47. The fraction of sp³-hybridized carbons (Fsp3) is 0.630. The number of rotatable bonds is 10. The topological polar surface area (TPSA) is 138 Å². The van der Waals surface area contributed by atoms with Gasteiger partial charge in [-0.3, -0.25) is 9.59 Å². The molecule has 1 aromatic carbocycles. The summed E-state index contributed by atoms with van der Waals surface area (Å²) in [5.74, 6) is -0.494. The van der Waals surface area contributed by atoms with E-state index in [1.165, 1.54) is 7.11 Å². The number of nitrogens with zero attached hydrogens (tertiary/aromatic N) is 1. The summed E-state index contributed by atoms with van der Waals surface area (Å²) in [5.41, 5.74) is 1.55. The van der Waals surface area contributed by atoms with Crippen molar-refractivity contribution in [2.24, 2.45) is 0 Å². The quantitative estimate of drug-likeness (QED) is 0.360. The van der Waals surface area contributed by atoms with E-state index in [0.29, 0.717) is 34.8 Å². The molecular weight excluding hydrogens is 480 g/mol. The molecule has 0 saturated heterocycles. The molecule has 2 aliphatic carbocycles. The van der Waals surface area contributed by atoms with Gasteiger partial charge in [0.1, 0.15) is 18.8 Å². The molecule has 10 nitrogen and oxygen atoms in total. The molecule has 204 valence electrons. The second-order valence-electron chi connectivity index (χ2n) is 9.75. The Labute approximate surface area is 217 Å². The summed E-state index contributed by atoms with van der Waals surface area (Å²) in [6.45, 7) is 1.69. The first-order chi connectivity index (χ1) is 17.9. The van der Waals surface area contributed by atoms with Gasteiger partial charge in [0.05, 0.1) is 32.3 Å². The molecule has 3 aliphatic rings. The maximum absolute atomic E-state index is 13.4. The highest BCUT2D eigenvalue weighted by Gasteiger charge is 2.52. The lowest BCUT2D eigenvalue weighted by atomic mass is 9.76. The number of carbonyl (C=O) groups excluding carboxylic acids is 2. The molecule has 4 unspecified atom stereocenters. The Morgan fingerprint density at radius 2 is 1.95 bits per heavy atom. The van der Waals surface area contributed by atoms with Gasteiger partial charge >= 0.3 is 0 Å². The number of amides is 2. The molecule has 0 spiro atoms. The predicted molar refractivity (Wildman–Crippen MR) is 134 cm³/mol. The average molecular weight is 519 g/mol. The first-order valence-corrected chi connectivity index (χ1v) is 13.1. The van der Waals surface area contributed by atoms with Crippen molar-refractivity contribution in [3.8, 4) is 11.5 Å². The standard InChI is InChI=1S/C27H38N2O8/c1-3-36-15-22(32)29(17-7-5-4-6-8-17)20-13-19(27(34)28-9-10-30)23-18-11-16(14-31)12-21(35-2)25(18)37-26(23)24(20)33/h11-13,17,20,23-24,26,30-31,33H,3-10,14-15H2,1-2H3,(H,28,34). The van der Waals surface area contributed by atoms with Crippen molar-refractivity contribution < 1.29 is 39.1 Å². The molecule has 4 atom stereocenters. The van der Waals surface area contributed by atoms with Crippen LogP contribution in [0.5, 0.6) is 11.5 Å². The Balaban J connectivity index is 1.80. The average Bonchev–Trinajstić information content (AvgIpc) is 3.32. The zero-order valence-electron chi connectivity index (χ0n) is 21.5. The molecule has 0 aromatic heterocycles. The molecule has 37 heavy (non-hydrogen) atoms. The Hall–Kier alpha value is -2.66. The van der Waals surface area contributed by atoms with E-state index in [-0.39, 0.29) is 38.3 Å². The van der Waals surface area contributed by atoms with Crippen molar-refractivity contribution in [2.75, 3.05) is 33.5 Å². The van der Waals surface area contributed by atoms with Gasteiger partial charge in [-0.05, 0) is 43.5 Å². The van der Waals surface area contributed by atoms with Gasteiger partial charge in [-0.2, -0.15) is 0 Å². The Morgan fingerprint density at radius 3 is 2.59 bits per heavy atom. The lowest BCUT2D eigenvalue weighted by Crippen LogP contribution is -2.59. The summed E-state index contributed by atoms with van der Waals surface area (Å²) in [7, 11) is 1.49. The second-order valence-corrected chi connectivity index (χ2v) is 9.75. The summed E-state index contributed by atoms with van der Waals surface area (Å²) in [6.07, 6.45) is 4.37. The maximum Gasteiger partial charge on any atom is 0.249 e. The summed E-state index contributed by atoms with van der Waals surface area (Å²) in [5, 5.41) is 33.5. The summed E-state index contributed by atoms with van der Waals surface area (Å²) in [4.78, 5) is 28.5. The van der Waals surface area contributed by atoms with Crippen molar-refractivity contribution in [3.63, 3.8) is 0 Å². The van der Waals surface area contributed by atoms with Crippen LogP contribution < -0.4 is 14.8 Å². The number of hydrogen-bond donors (Lipinski definition) is 4.